The largest absolute Gasteiger partial charge is 0.386 e. The van der Waals surface area contributed by atoms with Crippen molar-refractivity contribution in [2.45, 2.75) is 19.4 Å². The summed E-state index contributed by atoms with van der Waals surface area (Å²) in [6, 6.07) is 3.61. The number of nitrogens with zero attached hydrogens (tertiary/aromatic N) is 3. The Bertz CT molecular complexity index is 999. The zero-order valence-corrected chi connectivity index (χ0v) is 15.8. The van der Waals surface area contributed by atoms with E-state index in [1.165, 1.54) is 0 Å². The average molecular weight is 390 g/mol. The third kappa shape index (κ3) is 2.61. The predicted octanol–water partition coefficient (Wildman–Crippen LogP) is 4.07. The Labute approximate surface area is 160 Å². The van der Waals surface area contributed by atoms with E-state index in [1.807, 2.05) is 13.0 Å². The number of amides is 1. The van der Waals surface area contributed by atoms with E-state index >= 15 is 0 Å². The molecule has 26 heavy (non-hydrogen) atoms. The van der Waals surface area contributed by atoms with Gasteiger partial charge in [-0.3, -0.25) is 4.79 Å². The maximum absolute atomic E-state index is 12.9. The molecule has 0 radical (unpaired) electrons. The molecule has 0 saturated carbocycles. The standard InChI is InChI=1S/C18H17Cl2N5O/c1-9-14-11-3-4-12(19)15(20)16(11)24-13(14)5-6-25(9)18(26)17-22-7-10(21-2)8-23-17/h3-4,7-9,21,24H,5-6H2,1-2H3. The number of benzene rings is 1. The number of carbonyl (C=O) groups excluding carboxylic acids is 1. The third-order valence-corrected chi connectivity index (χ3v) is 5.67. The van der Waals surface area contributed by atoms with Crippen LogP contribution in [0.25, 0.3) is 10.9 Å². The van der Waals surface area contributed by atoms with Gasteiger partial charge in [0.25, 0.3) is 5.91 Å². The number of halogens is 2. The van der Waals surface area contributed by atoms with Crippen LogP contribution in [0.3, 0.4) is 0 Å². The molecule has 1 amide bonds. The van der Waals surface area contributed by atoms with Crippen molar-refractivity contribution < 1.29 is 4.79 Å². The van der Waals surface area contributed by atoms with Gasteiger partial charge in [0.15, 0.2) is 0 Å². The Kier molecular flexibility index (Phi) is 4.25. The normalized spacial score (nSPS) is 16.6. The van der Waals surface area contributed by atoms with Crippen molar-refractivity contribution in [3.8, 4) is 0 Å². The van der Waals surface area contributed by atoms with E-state index in [2.05, 4.69) is 20.3 Å². The summed E-state index contributed by atoms with van der Waals surface area (Å²) >= 11 is 12.5. The minimum absolute atomic E-state index is 0.121. The Hall–Kier alpha value is -2.31. The van der Waals surface area contributed by atoms with E-state index in [0.29, 0.717) is 23.0 Å². The highest BCUT2D eigenvalue weighted by molar-refractivity contribution is 6.45. The Morgan fingerprint density at radius 1 is 1.31 bits per heavy atom. The van der Waals surface area contributed by atoms with E-state index in [-0.39, 0.29) is 17.8 Å². The monoisotopic (exact) mass is 389 g/mol. The van der Waals surface area contributed by atoms with Crippen molar-refractivity contribution in [1.82, 2.24) is 19.9 Å². The molecule has 3 heterocycles. The second kappa shape index (κ2) is 6.45. The maximum atomic E-state index is 12.9. The van der Waals surface area contributed by atoms with E-state index in [4.69, 9.17) is 23.2 Å². The number of hydrogen-bond donors (Lipinski definition) is 2. The topological polar surface area (TPSA) is 73.9 Å². The van der Waals surface area contributed by atoms with Crippen molar-refractivity contribution >= 4 is 45.7 Å². The van der Waals surface area contributed by atoms with Gasteiger partial charge in [-0.2, -0.15) is 0 Å². The van der Waals surface area contributed by atoms with Gasteiger partial charge in [0.1, 0.15) is 0 Å². The predicted molar refractivity (Wildman–Crippen MR) is 103 cm³/mol. The average Bonchev–Trinajstić information content (AvgIpc) is 3.05. The van der Waals surface area contributed by atoms with Gasteiger partial charge in [0, 0.05) is 36.7 Å². The second-order valence-electron chi connectivity index (χ2n) is 6.27. The summed E-state index contributed by atoms with van der Waals surface area (Å²) in [5.74, 6) is 0.0143. The zero-order valence-electron chi connectivity index (χ0n) is 14.3. The highest BCUT2D eigenvalue weighted by Gasteiger charge is 2.32. The van der Waals surface area contributed by atoms with Gasteiger partial charge >= 0.3 is 0 Å². The number of rotatable bonds is 2. The molecule has 1 atom stereocenters. The summed E-state index contributed by atoms with van der Waals surface area (Å²) < 4.78 is 0. The molecule has 1 unspecified atom stereocenters. The first-order valence-electron chi connectivity index (χ1n) is 8.30. The lowest BCUT2D eigenvalue weighted by molar-refractivity contribution is 0.0665. The summed E-state index contributed by atoms with van der Waals surface area (Å²) in [7, 11) is 1.78. The fraction of sp³-hybridized carbons (Fsp3) is 0.278. The van der Waals surface area contributed by atoms with Crippen LogP contribution in [-0.2, 0) is 6.42 Å². The molecule has 1 aliphatic rings. The summed E-state index contributed by atoms with van der Waals surface area (Å²) in [6.07, 6.45) is 3.92. The van der Waals surface area contributed by atoms with Crippen LogP contribution in [-0.4, -0.2) is 39.4 Å². The molecule has 0 saturated heterocycles. The van der Waals surface area contributed by atoms with Crippen LogP contribution in [0.4, 0.5) is 5.69 Å². The summed E-state index contributed by atoms with van der Waals surface area (Å²) in [6.45, 7) is 2.59. The maximum Gasteiger partial charge on any atom is 0.292 e. The van der Waals surface area contributed by atoms with Gasteiger partial charge < -0.3 is 15.2 Å². The first kappa shape index (κ1) is 17.1. The zero-order chi connectivity index (χ0) is 18.4. The van der Waals surface area contributed by atoms with Crippen molar-refractivity contribution in [2.75, 3.05) is 18.9 Å². The number of aromatic nitrogens is 3. The van der Waals surface area contributed by atoms with Gasteiger partial charge in [-0.15, -0.1) is 0 Å². The van der Waals surface area contributed by atoms with Crippen molar-refractivity contribution in [3.05, 3.63) is 51.7 Å². The lowest BCUT2D eigenvalue weighted by Crippen LogP contribution is -2.39. The first-order valence-corrected chi connectivity index (χ1v) is 9.06. The van der Waals surface area contributed by atoms with Crippen molar-refractivity contribution in [1.29, 1.82) is 0 Å². The van der Waals surface area contributed by atoms with Crippen LogP contribution in [0.2, 0.25) is 10.0 Å². The smallest absolute Gasteiger partial charge is 0.292 e. The van der Waals surface area contributed by atoms with Gasteiger partial charge in [0.05, 0.1) is 39.7 Å². The van der Waals surface area contributed by atoms with E-state index in [0.717, 1.165) is 27.8 Å². The quantitative estimate of drug-likeness (QED) is 0.692. The molecule has 1 aromatic carbocycles. The molecular weight excluding hydrogens is 373 g/mol. The minimum Gasteiger partial charge on any atom is -0.386 e. The highest BCUT2D eigenvalue weighted by Crippen LogP contribution is 2.40. The van der Waals surface area contributed by atoms with E-state index in [9.17, 15) is 4.79 Å². The lowest BCUT2D eigenvalue weighted by Gasteiger charge is -2.33. The van der Waals surface area contributed by atoms with Crippen LogP contribution < -0.4 is 5.32 Å². The number of anilines is 1. The summed E-state index contributed by atoms with van der Waals surface area (Å²) in [5.41, 5.74) is 3.75. The number of hydrogen-bond acceptors (Lipinski definition) is 4. The number of fused-ring (bicyclic) bond motifs is 3. The van der Waals surface area contributed by atoms with Crippen molar-refractivity contribution in [3.63, 3.8) is 0 Å². The Morgan fingerprint density at radius 2 is 2.04 bits per heavy atom. The van der Waals surface area contributed by atoms with Gasteiger partial charge in [-0.25, -0.2) is 9.97 Å². The summed E-state index contributed by atoms with van der Waals surface area (Å²) in [5, 5.41) is 4.95. The fourth-order valence-electron chi connectivity index (χ4n) is 3.51. The van der Waals surface area contributed by atoms with Gasteiger partial charge in [-0.1, -0.05) is 29.3 Å². The van der Waals surface area contributed by atoms with Crippen LogP contribution in [0.1, 0.15) is 34.8 Å². The molecule has 0 bridgehead atoms. The molecule has 3 aromatic rings. The minimum atomic E-state index is -0.180. The first-order chi connectivity index (χ1) is 12.5. The molecule has 1 aliphatic heterocycles. The number of carbonyl (C=O) groups is 1. The SMILES string of the molecule is CNc1cnc(C(=O)N2CCc3[nH]c4c(Cl)c(Cl)ccc4c3C2C)nc1. The molecular formula is C18H17Cl2N5O. The van der Waals surface area contributed by atoms with Crippen LogP contribution in [0, 0.1) is 0 Å². The highest BCUT2D eigenvalue weighted by atomic mass is 35.5. The Morgan fingerprint density at radius 3 is 2.73 bits per heavy atom. The molecule has 2 N–H and O–H groups in total. The van der Waals surface area contributed by atoms with Crippen LogP contribution in [0.15, 0.2) is 24.5 Å². The molecule has 134 valence electrons. The molecule has 4 rings (SSSR count). The van der Waals surface area contributed by atoms with Crippen LogP contribution >= 0.6 is 23.2 Å². The van der Waals surface area contributed by atoms with E-state index < -0.39 is 0 Å². The van der Waals surface area contributed by atoms with Crippen molar-refractivity contribution in [2.24, 2.45) is 0 Å². The molecule has 6 nitrogen and oxygen atoms in total. The second-order valence-corrected chi connectivity index (χ2v) is 7.06. The molecule has 0 aliphatic carbocycles. The number of aromatic amines is 1. The molecule has 2 aromatic heterocycles. The third-order valence-electron chi connectivity index (χ3n) is 4.87. The lowest BCUT2D eigenvalue weighted by atomic mass is 9.97. The molecule has 8 heteroatoms. The van der Waals surface area contributed by atoms with Gasteiger partial charge in [-0.05, 0) is 13.0 Å². The molecule has 0 fully saturated rings. The number of nitrogens with one attached hydrogen (secondary N) is 2. The fourth-order valence-corrected chi connectivity index (χ4v) is 3.88. The Balaban J connectivity index is 1.72. The van der Waals surface area contributed by atoms with E-state index in [1.54, 1.807) is 30.4 Å². The number of H-pyrrole nitrogens is 1. The van der Waals surface area contributed by atoms with Gasteiger partial charge in [0.2, 0.25) is 5.82 Å². The molecule has 0 spiro atoms. The van der Waals surface area contributed by atoms with Crippen LogP contribution in [0.5, 0.6) is 0 Å². The summed E-state index contributed by atoms with van der Waals surface area (Å²) in [4.78, 5) is 26.5.